The Kier molecular flexibility index (Phi) is 5.77. The van der Waals surface area contributed by atoms with Crippen molar-refractivity contribution < 1.29 is 10.2 Å². The molecule has 5 unspecified atom stereocenters. The molecule has 0 saturated heterocycles. The molecule has 96 valence electrons. The smallest absolute Gasteiger partial charge is 0.0462 e. The fraction of sp³-hybridized carbons (Fsp3) is 1.00. The summed E-state index contributed by atoms with van der Waals surface area (Å²) in [6, 6.07) is 0. The van der Waals surface area contributed by atoms with Crippen molar-refractivity contribution in [3.8, 4) is 0 Å². The first-order chi connectivity index (χ1) is 7.65. The Morgan fingerprint density at radius 3 is 2.31 bits per heavy atom. The topological polar surface area (TPSA) is 40.5 Å². The van der Waals surface area contributed by atoms with Crippen LogP contribution in [0.5, 0.6) is 0 Å². The maximum atomic E-state index is 9.50. The van der Waals surface area contributed by atoms with Crippen LogP contribution in [0.1, 0.15) is 46.5 Å². The van der Waals surface area contributed by atoms with E-state index in [0.717, 1.165) is 6.42 Å². The van der Waals surface area contributed by atoms with Crippen molar-refractivity contribution in [1.29, 1.82) is 0 Å². The largest absolute Gasteiger partial charge is 0.396 e. The summed E-state index contributed by atoms with van der Waals surface area (Å²) in [4.78, 5) is 0. The maximum Gasteiger partial charge on any atom is 0.0462 e. The summed E-state index contributed by atoms with van der Waals surface area (Å²) in [5.41, 5.74) is 0. The van der Waals surface area contributed by atoms with Crippen LogP contribution in [0.3, 0.4) is 0 Å². The molecule has 0 amide bonds. The van der Waals surface area contributed by atoms with E-state index in [0.29, 0.717) is 36.2 Å². The highest BCUT2D eigenvalue weighted by atomic mass is 16.3. The molecule has 2 N–H and O–H groups in total. The summed E-state index contributed by atoms with van der Waals surface area (Å²) in [5, 5.41) is 18.9. The van der Waals surface area contributed by atoms with Crippen LogP contribution in [-0.4, -0.2) is 23.4 Å². The monoisotopic (exact) mass is 228 g/mol. The predicted molar refractivity (Wildman–Crippen MR) is 67.1 cm³/mol. The third kappa shape index (κ3) is 2.98. The number of hydrogen-bond donors (Lipinski definition) is 2. The molecule has 0 aromatic rings. The second-order valence-electron chi connectivity index (χ2n) is 5.66. The number of aliphatic hydroxyl groups is 2. The molecule has 0 radical (unpaired) electrons. The third-order valence-corrected chi connectivity index (χ3v) is 4.71. The fourth-order valence-corrected chi connectivity index (χ4v) is 3.54. The van der Waals surface area contributed by atoms with Crippen molar-refractivity contribution >= 4 is 0 Å². The van der Waals surface area contributed by atoms with Gasteiger partial charge < -0.3 is 10.2 Å². The molecule has 1 rings (SSSR count). The van der Waals surface area contributed by atoms with Gasteiger partial charge in [0.25, 0.3) is 0 Å². The van der Waals surface area contributed by atoms with Crippen molar-refractivity contribution in [3.63, 3.8) is 0 Å². The molecule has 16 heavy (non-hydrogen) atoms. The minimum atomic E-state index is 0.258. The molecule has 1 aliphatic carbocycles. The molecular weight excluding hydrogens is 200 g/mol. The summed E-state index contributed by atoms with van der Waals surface area (Å²) in [7, 11) is 0. The van der Waals surface area contributed by atoms with Crippen LogP contribution in [0.4, 0.5) is 0 Å². The van der Waals surface area contributed by atoms with Gasteiger partial charge in [-0.05, 0) is 42.4 Å². The zero-order valence-electron chi connectivity index (χ0n) is 11.0. The summed E-state index contributed by atoms with van der Waals surface area (Å²) in [5.74, 6) is 2.66. The molecule has 2 nitrogen and oxygen atoms in total. The fourth-order valence-electron chi connectivity index (χ4n) is 3.54. The zero-order valence-corrected chi connectivity index (χ0v) is 11.0. The van der Waals surface area contributed by atoms with E-state index in [9.17, 15) is 10.2 Å². The zero-order chi connectivity index (χ0) is 12.1. The molecule has 0 aliphatic heterocycles. The van der Waals surface area contributed by atoms with E-state index in [1.807, 2.05) is 0 Å². The average molecular weight is 228 g/mol. The summed E-state index contributed by atoms with van der Waals surface area (Å²) >= 11 is 0. The minimum Gasteiger partial charge on any atom is -0.396 e. The molecule has 0 spiro atoms. The predicted octanol–water partition coefficient (Wildman–Crippen LogP) is 2.69. The van der Waals surface area contributed by atoms with Crippen molar-refractivity contribution in [3.05, 3.63) is 0 Å². The third-order valence-electron chi connectivity index (χ3n) is 4.71. The van der Waals surface area contributed by atoms with Gasteiger partial charge in [0.2, 0.25) is 0 Å². The van der Waals surface area contributed by atoms with Crippen molar-refractivity contribution in [2.75, 3.05) is 13.2 Å². The van der Waals surface area contributed by atoms with E-state index < -0.39 is 0 Å². The highest BCUT2D eigenvalue weighted by Crippen LogP contribution is 2.43. The van der Waals surface area contributed by atoms with E-state index in [1.165, 1.54) is 19.3 Å². The van der Waals surface area contributed by atoms with Crippen LogP contribution in [0.15, 0.2) is 0 Å². The van der Waals surface area contributed by atoms with Crippen LogP contribution < -0.4 is 0 Å². The molecule has 0 aromatic heterocycles. The average Bonchev–Trinajstić information content (AvgIpc) is 2.35. The maximum absolute atomic E-state index is 9.50. The first-order valence-corrected chi connectivity index (χ1v) is 6.87. The van der Waals surface area contributed by atoms with Crippen molar-refractivity contribution in [1.82, 2.24) is 0 Å². The van der Waals surface area contributed by atoms with Gasteiger partial charge in [0.15, 0.2) is 0 Å². The normalized spacial score (nSPS) is 34.7. The molecule has 1 fully saturated rings. The van der Waals surface area contributed by atoms with Gasteiger partial charge in [-0.3, -0.25) is 0 Å². The minimum absolute atomic E-state index is 0.258. The molecule has 0 heterocycles. The number of hydrogen-bond acceptors (Lipinski definition) is 2. The van der Waals surface area contributed by atoms with Gasteiger partial charge in [0.1, 0.15) is 0 Å². The number of rotatable bonds is 5. The van der Waals surface area contributed by atoms with Crippen LogP contribution >= 0.6 is 0 Å². The second-order valence-corrected chi connectivity index (χ2v) is 5.66. The van der Waals surface area contributed by atoms with Crippen LogP contribution in [-0.2, 0) is 0 Å². The molecule has 1 aliphatic rings. The highest BCUT2D eigenvalue weighted by molar-refractivity contribution is 4.87. The van der Waals surface area contributed by atoms with Crippen molar-refractivity contribution in [2.45, 2.75) is 46.5 Å². The molecule has 0 bridgehead atoms. The summed E-state index contributed by atoms with van der Waals surface area (Å²) < 4.78 is 0. The molecular formula is C14H28O2. The van der Waals surface area contributed by atoms with Gasteiger partial charge in [-0.25, -0.2) is 0 Å². The highest BCUT2D eigenvalue weighted by Gasteiger charge is 2.38. The SMILES string of the molecule is CCC(C)C1CCCC(CO)C1C(C)CO. The first-order valence-electron chi connectivity index (χ1n) is 6.87. The van der Waals surface area contributed by atoms with Gasteiger partial charge >= 0.3 is 0 Å². The Labute approximate surface area is 100 Å². The van der Waals surface area contributed by atoms with Gasteiger partial charge in [-0.2, -0.15) is 0 Å². The Bertz CT molecular complexity index is 193. The van der Waals surface area contributed by atoms with Gasteiger partial charge in [-0.15, -0.1) is 0 Å². The van der Waals surface area contributed by atoms with E-state index in [1.54, 1.807) is 0 Å². The quantitative estimate of drug-likeness (QED) is 0.759. The van der Waals surface area contributed by atoms with Crippen LogP contribution in [0.2, 0.25) is 0 Å². The lowest BCUT2D eigenvalue weighted by Gasteiger charge is -2.43. The second kappa shape index (κ2) is 6.61. The Morgan fingerprint density at radius 1 is 1.12 bits per heavy atom. The molecule has 5 atom stereocenters. The number of aliphatic hydroxyl groups excluding tert-OH is 2. The van der Waals surface area contributed by atoms with Gasteiger partial charge in [0, 0.05) is 13.2 Å². The first kappa shape index (κ1) is 14.0. The Morgan fingerprint density at radius 2 is 1.81 bits per heavy atom. The van der Waals surface area contributed by atoms with Crippen molar-refractivity contribution in [2.24, 2.45) is 29.6 Å². The lowest BCUT2D eigenvalue weighted by atomic mass is 9.63. The Hall–Kier alpha value is -0.0800. The van der Waals surface area contributed by atoms with E-state index in [4.69, 9.17) is 0 Å². The lowest BCUT2D eigenvalue weighted by Crippen LogP contribution is -2.39. The lowest BCUT2D eigenvalue weighted by molar-refractivity contribution is 0.00946. The Balaban J connectivity index is 2.78. The molecule has 1 saturated carbocycles. The van der Waals surface area contributed by atoms with Crippen LogP contribution in [0, 0.1) is 29.6 Å². The summed E-state index contributed by atoms with van der Waals surface area (Å²) in [6.07, 6.45) is 4.87. The van der Waals surface area contributed by atoms with E-state index >= 15 is 0 Å². The van der Waals surface area contributed by atoms with E-state index in [2.05, 4.69) is 20.8 Å². The van der Waals surface area contributed by atoms with Gasteiger partial charge in [-0.1, -0.05) is 33.6 Å². The van der Waals surface area contributed by atoms with Crippen LogP contribution in [0.25, 0.3) is 0 Å². The molecule has 2 heteroatoms. The summed E-state index contributed by atoms with van der Waals surface area (Å²) in [6.45, 7) is 7.25. The standard InChI is InChI=1S/C14H28O2/c1-4-10(2)13-7-5-6-12(9-16)14(13)11(3)8-15/h10-16H,4-9H2,1-3H3. The van der Waals surface area contributed by atoms with E-state index in [-0.39, 0.29) is 6.61 Å². The van der Waals surface area contributed by atoms with Gasteiger partial charge in [0.05, 0.1) is 0 Å². The molecule has 0 aromatic carbocycles.